The fraction of sp³-hybridized carbons (Fsp3) is 0.182. The maximum atomic E-state index is 11.9. The van der Waals surface area contributed by atoms with Crippen LogP contribution in [0.5, 0.6) is 0 Å². The van der Waals surface area contributed by atoms with Crippen molar-refractivity contribution in [2.45, 2.75) is 13.5 Å². The Labute approximate surface area is 112 Å². The lowest BCUT2D eigenvalue weighted by Gasteiger charge is -2.05. The molecule has 2 rings (SSSR count). The number of nitrogens with two attached hydrogens (primary N) is 1. The molecule has 3 N–H and O–H groups in total. The number of nitrogens with one attached hydrogen (secondary N) is 1. The number of aromatic nitrogens is 2. The highest BCUT2D eigenvalue weighted by Gasteiger charge is 2.12. The van der Waals surface area contributed by atoms with E-state index in [1.165, 1.54) is 6.20 Å². The van der Waals surface area contributed by atoms with Crippen molar-refractivity contribution in [2.75, 3.05) is 5.73 Å². The number of amides is 1. The van der Waals surface area contributed by atoms with E-state index in [1.54, 1.807) is 19.2 Å². The summed E-state index contributed by atoms with van der Waals surface area (Å²) in [6.07, 6.45) is 3.13. The molecular weight excluding hydrogens is 300 g/mol. The van der Waals surface area contributed by atoms with Crippen LogP contribution in [0.15, 0.2) is 27.3 Å². The Morgan fingerprint density at radius 3 is 2.94 bits per heavy atom. The number of hydrogen-bond acceptors (Lipinski definition) is 5. The monoisotopic (exact) mass is 310 g/mol. The molecule has 0 aliphatic heterocycles. The summed E-state index contributed by atoms with van der Waals surface area (Å²) in [6.45, 7) is 1.99. The van der Waals surface area contributed by atoms with Crippen molar-refractivity contribution in [3.8, 4) is 0 Å². The van der Waals surface area contributed by atoms with E-state index in [1.807, 2.05) is 0 Å². The van der Waals surface area contributed by atoms with Crippen LogP contribution < -0.4 is 11.1 Å². The fourth-order valence-corrected chi connectivity index (χ4v) is 1.70. The third kappa shape index (κ3) is 2.86. The van der Waals surface area contributed by atoms with E-state index in [0.29, 0.717) is 21.7 Å². The zero-order valence-corrected chi connectivity index (χ0v) is 11.2. The summed E-state index contributed by atoms with van der Waals surface area (Å²) in [5.41, 5.74) is 5.94. The first-order valence-corrected chi connectivity index (χ1v) is 5.96. The molecule has 2 aromatic rings. The van der Waals surface area contributed by atoms with Gasteiger partial charge in [0.25, 0.3) is 5.91 Å². The normalized spacial score (nSPS) is 10.3. The minimum absolute atomic E-state index is 0.180. The number of nitrogen functional groups attached to an aromatic ring is 1. The molecule has 0 aliphatic rings. The molecule has 0 aliphatic carbocycles. The number of pyridine rings is 1. The van der Waals surface area contributed by atoms with Gasteiger partial charge in [-0.15, -0.1) is 0 Å². The molecule has 0 radical (unpaired) electrons. The van der Waals surface area contributed by atoms with Gasteiger partial charge in [-0.3, -0.25) is 4.79 Å². The Bertz CT molecular complexity index is 582. The van der Waals surface area contributed by atoms with Crippen LogP contribution in [0.3, 0.4) is 0 Å². The second kappa shape index (κ2) is 5.18. The average molecular weight is 311 g/mol. The second-order valence-corrected chi connectivity index (χ2v) is 4.55. The highest BCUT2D eigenvalue weighted by molar-refractivity contribution is 9.10. The number of aryl methyl sites for hydroxylation is 1. The second-order valence-electron chi connectivity index (χ2n) is 3.63. The third-order valence-electron chi connectivity index (χ3n) is 2.20. The molecule has 94 valence electrons. The molecule has 2 aromatic heterocycles. The van der Waals surface area contributed by atoms with Gasteiger partial charge in [-0.05, 0) is 28.9 Å². The quantitative estimate of drug-likeness (QED) is 0.899. The maximum Gasteiger partial charge on any atom is 0.255 e. The number of nitrogens with zero attached hydrogens (tertiary/aromatic N) is 2. The van der Waals surface area contributed by atoms with Crippen LogP contribution in [0.2, 0.25) is 0 Å². The summed E-state index contributed by atoms with van der Waals surface area (Å²) in [5, 5.41) is 2.66. The van der Waals surface area contributed by atoms with Crippen molar-refractivity contribution in [3.63, 3.8) is 0 Å². The first-order valence-electron chi connectivity index (χ1n) is 5.17. The molecule has 0 atom stereocenters. The van der Waals surface area contributed by atoms with E-state index in [-0.39, 0.29) is 18.3 Å². The van der Waals surface area contributed by atoms with Crippen LogP contribution in [0.25, 0.3) is 0 Å². The summed E-state index contributed by atoms with van der Waals surface area (Å²) >= 11 is 3.24. The first kappa shape index (κ1) is 12.6. The topological polar surface area (TPSA) is 94.0 Å². The molecule has 18 heavy (non-hydrogen) atoms. The molecule has 7 heteroatoms. The van der Waals surface area contributed by atoms with Gasteiger partial charge < -0.3 is 15.5 Å². The largest absolute Gasteiger partial charge is 0.444 e. The van der Waals surface area contributed by atoms with Gasteiger partial charge >= 0.3 is 0 Å². The van der Waals surface area contributed by atoms with Crippen LogP contribution in [0.4, 0.5) is 5.82 Å². The van der Waals surface area contributed by atoms with Crippen molar-refractivity contribution in [1.29, 1.82) is 0 Å². The predicted molar refractivity (Wildman–Crippen MR) is 68.8 cm³/mol. The van der Waals surface area contributed by atoms with Gasteiger partial charge in [0.2, 0.25) is 5.89 Å². The van der Waals surface area contributed by atoms with Crippen molar-refractivity contribution >= 4 is 27.7 Å². The molecule has 0 saturated heterocycles. The van der Waals surface area contributed by atoms with Crippen LogP contribution in [0.1, 0.15) is 22.0 Å². The zero-order valence-electron chi connectivity index (χ0n) is 9.61. The average Bonchev–Trinajstić information content (AvgIpc) is 2.75. The predicted octanol–water partition coefficient (Wildman–Crippen LogP) is 1.65. The first-order chi connectivity index (χ1) is 8.56. The number of oxazole rings is 1. The van der Waals surface area contributed by atoms with E-state index in [9.17, 15) is 4.79 Å². The maximum absolute atomic E-state index is 11.9. The van der Waals surface area contributed by atoms with Crippen LogP contribution in [-0.4, -0.2) is 15.9 Å². The Morgan fingerprint density at radius 2 is 2.28 bits per heavy atom. The standard InChI is InChI=1S/C11H11BrN4O2/c1-6-3-14-9(18-6)5-16-11(17)8-2-7(12)4-15-10(8)13/h2-4H,5H2,1H3,(H2,13,15)(H,16,17). The number of rotatable bonds is 3. The molecule has 2 heterocycles. The van der Waals surface area contributed by atoms with Gasteiger partial charge in [-0.25, -0.2) is 9.97 Å². The molecule has 6 nitrogen and oxygen atoms in total. The Balaban J connectivity index is 2.05. The van der Waals surface area contributed by atoms with E-state index in [4.69, 9.17) is 10.2 Å². The highest BCUT2D eigenvalue weighted by atomic mass is 79.9. The number of halogens is 1. The van der Waals surface area contributed by atoms with E-state index >= 15 is 0 Å². The van der Waals surface area contributed by atoms with Crippen molar-refractivity contribution in [2.24, 2.45) is 0 Å². The SMILES string of the molecule is Cc1cnc(CNC(=O)c2cc(Br)cnc2N)o1. The van der Waals surface area contributed by atoms with Crippen molar-refractivity contribution in [1.82, 2.24) is 15.3 Å². The minimum atomic E-state index is -0.322. The summed E-state index contributed by atoms with van der Waals surface area (Å²) in [7, 11) is 0. The Hall–Kier alpha value is -1.89. The number of hydrogen-bond donors (Lipinski definition) is 2. The van der Waals surface area contributed by atoms with E-state index in [0.717, 1.165) is 0 Å². The van der Waals surface area contributed by atoms with Gasteiger partial charge in [0.05, 0.1) is 18.3 Å². The van der Waals surface area contributed by atoms with E-state index < -0.39 is 0 Å². The van der Waals surface area contributed by atoms with Gasteiger partial charge in [-0.1, -0.05) is 0 Å². The zero-order chi connectivity index (χ0) is 13.1. The van der Waals surface area contributed by atoms with Gasteiger partial charge in [0.1, 0.15) is 11.6 Å². The smallest absolute Gasteiger partial charge is 0.255 e. The third-order valence-corrected chi connectivity index (χ3v) is 2.63. The van der Waals surface area contributed by atoms with Crippen molar-refractivity contribution < 1.29 is 9.21 Å². The summed E-state index contributed by atoms with van der Waals surface area (Å²) in [6, 6.07) is 1.61. The van der Waals surface area contributed by atoms with E-state index in [2.05, 4.69) is 31.2 Å². The molecule has 0 bridgehead atoms. The van der Waals surface area contributed by atoms with Crippen molar-refractivity contribution in [3.05, 3.63) is 40.1 Å². The number of anilines is 1. The highest BCUT2D eigenvalue weighted by Crippen LogP contribution is 2.15. The van der Waals surface area contributed by atoms with Gasteiger partial charge in [-0.2, -0.15) is 0 Å². The molecule has 0 aromatic carbocycles. The molecule has 0 fully saturated rings. The fourth-order valence-electron chi connectivity index (χ4n) is 1.37. The molecule has 0 unspecified atom stereocenters. The molecule has 0 saturated carbocycles. The summed E-state index contributed by atoms with van der Waals surface area (Å²) in [4.78, 5) is 19.8. The minimum Gasteiger partial charge on any atom is -0.444 e. The number of carbonyl (C=O) groups is 1. The Kier molecular flexibility index (Phi) is 3.61. The summed E-state index contributed by atoms with van der Waals surface area (Å²) < 4.78 is 5.93. The van der Waals surface area contributed by atoms with Gasteiger partial charge in [0, 0.05) is 10.7 Å². The molecule has 1 amide bonds. The molecular formula is C11H11BrN4O2. The molecule has 0 spiro atoms. The van der Waals surface area contributed by atoms with Crippen LogP contribution in [0, 0.1) is 6.92 Å². The van der Waals surface area contributed by atoms with Crippen LogP contribution in [-0.2, 0) is 6.54 Å². The summed E-state index contributed by atoms with van der Waals surface area (Å²) in [5.74, 6) is 1.00. The number of carbonyl (C=O) groups excluding carboxylic acids is 1. The Morgan fingerprint density at radius 1 is 1.50 bits per heavy atom. The lowest BCUT2D eigenvalue weighted by atomic mass is 10.2. The van der Waals surface area contributed by atoms with Gasteiger partial charge in [0.15, 0.2) is 0 Å². The van der Waals surface area contributed by atoms with Crippen LogP contribution >= 0.6 is 15.9 Å². The lowest BCUT2D eigenvalue weighted by molar-refractivity contribution is 0.0947. The lowest BCUT2D eigenvalue weighted by Crippen LogP contribution is -2.24.